The van der Waals surface area contributed by atoms with Crippen LogP contribution in [0.4, 0.5) is 51.8 Å². The Kier molecular flexibility index (Phi) is 20.6. The first-order chi connectivity index (χ1) is 7.91. The quantitative estimate of drug-likeness (QED) is 0.521. The molecule has 0 aliphatic heterocycles. The summed E-state index contributed by atoms with van der Waals surface area (Å²) in [4.78, 5) is 0. The molecule has 0 aliphatic carbocycles. The minimum Gasteiger partial charge on any atom is -0.418 e. The van der Waals surface area contributed by atoms with Gasteiger partial charge in [0.05, 0.1) is 0 Å². The van der Waals surface area contributed by atoms with Gasteiger partial charge in [-0.2, -0.15) is 0 Å². The Balaban J connectivity index is -0.0000000793. The van der Waals surface area contributed by atoms with Crippen molar-refractivity contribution in [3.63, 3.8) is 0 Å². The Labute approximate surface area is 134 Å². The number of methoxy groups -OCH3 is 1. The Bertz CT molecular complexity index is 127. The van der Waals surface area contributed by atoms with Crippen LogP contribution in [0.2, 0.25) is 0 Å². The zero-order valence-electron chi connectivity index (χ0n) is 9.38. The number of rotatable bonds is 1. The van der Waals surface area contributed by atoms with Crippen LogP contribution in [0, 0.1) is 0 Å². The van der Waals surface area contributed by atoms with Crippen molar-refractivity contribution in [1.29, 1.82) is 0 Å². The Hall–Kier alpha value is 0.951. The van der Waals surface area contributed by atoms with Crippen LogP contribution in [0.1, 0.15) is 0 Å². The molecular formula is C2H5B3F12KO-3. The van der Waals surface area contributed by atoms with E-state index >= 15 is 0 Å². The number of halogens is 12. The van der Waals surface area contributed by atoms with Gasteiger partial charge in [-0.05, 0) is 0 Å². The molecule has 0 saturated carbocycles. The van der Waals surface area contributed by atoms with Crippen molar-refractivity contribution in [1.82, 2.24) is 0 Å². The first-order valence-electron chi connectivity index (χ1n) is 4.02. The third-order valence-electron chi connectivity index (χ3n) is 0.289. The van der Waals surface area contributed by atoms with Crippen molar-refractivity contribution < 1.29 is 56.5 Å². The van der Waals surface area contributed by atoms with E-state index in [0.29, 0.717) is 0 Å². The SMILES string of the molecule is CO[CH2][K].F[B-](F)(F)F.F[B-](F)(F)F.F[B-](F)(F)F. The Morgan fingerprint density at radius 2 is 0.684 bits per heavy atom. The summed E-state index contributed by atoms with van der Waals surface area (Å²) in [7, 11) is -16.3. The molecule has 0 spiro atoms. The molecule has 0 N–H and O–H groups in total. The van der Waals surface area contributed by atoms with E-state index in [0.717, 1.165) is 49.7 Å². The summed E-state index contributed by atoms with van der Waals surface area (Å²) in [5.41, 5.74) is 0. The molecule has 0 rings (SSSR count). The van der Waals surface area contributed by atoms with Gasteiger partial charge >= 0.3 is 83.3 Å². The summed E-state index contributed by atoms with van der Waals surface area (Å²) >= 11 is 0.891. The zero-order valence-corrected chi connectivity index (χ0v) is 12.5. The first-order valence-corrected chi connectivity index (χ1v) is 6.23. The van der Waals surface area contributed by atoms with Crippen LogP contribution in [0.5, 0.6) is 0 Å². The van der Waals surface area contributed by atoms with Gasteiger partial charge in [0.2, 0.25) is 0 Å². The maximum Gasteiger partial charge on any atom is 0.673 e. The molecule has 19 heavy (non-hydrogen) atoms. The van der Waals surface area contributed by atoms with Crippen LogP contribution in [0.25, 0.3) is 0 Å². The smallest absolute Gasteiger partial charge is 0.418 e. The third kappa shape index (κ3) is 1430. The van der Waals surface area contributed by atoms with E-state index in [1.165, 1.54) is 0 Å². The second-order valence-electron chi connectivity index (χ2n) is 2.06. The summed E-state index contributed by atoms with van der Waals surface area (Å²) in [6.45, 7) is 0. The van der Waals surface area contributed by atoms with Gasteiger partial charge in [-0.15, -0.1) is 0 Å². The fourth-order valence-corrected chi connectivity index (χ4v) is 0. The van der Waals surface area contributed by atoms with Gasteiger partial charge in [0, 0.05) is 0 Å². The molecule has 0 saturated heterocycles. The molecule has 0 unspecified atom stereocenters. The van der Waals surface area contributed by atoms with Crippen LogP contribution in [-0.2, 0) is 4.74 Å². The summed E-state index contributed by atoms with van der Waals surface area (Å²) in [6.07, 6.45) is 0. The van der Waals surface area contributed by atoms with Crippen molar-refractivity contribution in [2.45, 2.75) is 0 Å². The van der Waals surface area contributed by atoms with Crippen molar-refractivity contribution in [2.75, 3.05) is 7.81 Å². The normalized spacial score (nSPS) is 11.1. The number of hydrogen-bond acceptors (Lipinski definition) is 1. The largest absolute Gasteiger partial charge is 0.673 e. The molecule has 0 radical (unpaired) electrons. The molecule has 0 aromatic rings. The predicted molar refractivity (Wildman–Crippen MR) is 48.2 cm³/mol. The Morgan fingerprint density at radius 1 is 0.632 bits per heavy atom. The van der Waals surface area contributed by atoms with E-state index in [1.54, 1.807) is 7.11 Å². The predicted octanol–water partition coefficient (Wildman–Crippen LogP) is 3.66. The number of ether oxygens (including phenoxy) is 1. The number of hydrogen-bond donors (Lipinski definition) is 0. The van der Waals surface area contributed by atoms with Crippen molar-refractivity contribution in [2.24, 2.45) is 0 Å². The molecule has 116 valence electrons. The van der Waals surface area contributed by atoms with Crippen molar-refractivity contribution in [3.05, 3.63) is 0 Å². The van der Waals surface area contributed by atoms with Crippen LogP contribution < -0.4 is 0 Å². The van der Waals surface area contributed by atoms with Gasteiger partial charge < -0.3 is 51.8 Å². The third-order valence-corrected chi connectivity index (χ3v) is 1.19. The zero-order chi connectivity index (χ0) is 16.9. The molecule has 0 fully saturated rings. The van der Waals surface area contributed by atoms with Crippen LogP contribution >= 0.6 is 0 Å². The fourth-order valence-electron chi connectivity index (χ4n) is 0. The molecule has 0 heterocycles. The van der Waals surface area contributed by atoms with Crippen LogP contribution in [0.15, 0.2) is 0 Å². The van der Waals surface area contributed by atoms with Gasteiger partial charge in [-0.1, -0.05) is 0 Å². The topological polar surface area (TPSA) is 9.23 Å². The first kappa shape index (κ1) is 28.2. The van der Waals surface area contributed by atoms with E-state index in [1.807, 2.05) is 0 Å². The summed E-state index contributed by atoms with van der Waals surface area (Å²) in [5.74, 6) is 0. The molecular weight excluding hydrogens is 340 g/mol. The van der Waals surface area contributed by atoms with Gasteiger partial charge in [0.1, 0.15) is 0 Å². The van der Waals surface area contributed by atoms with E-state index in [9.17, 15) is 51.8 Å². The van der Waals surface area contributed by atoms with E-state index in [-0.39, 0.29) is 0 Å². The molecule has 0 aliphatic rings. The molecule has 0 aromatic heterocycles. The second kappa shape index (κ2) is 13.9. The van der Waals surface area contributed by atoms with E-state index < -0.39 is 21.8 Å². The van der Waals surface area contributed by atoms with Gasteiger partial charge in [0.25, 0.3) is 0 Å². The monoisotopic (exact) mass is 345 g/mol. The van der Waals surface area contributed by atoms with Crippen molar-refractivity contribution in [3.8, 4) is 0 Å². The minimum absolute atomic E-state index is 0.891. The summed E-state index contributed by atoms with van der Waals surface area (Å²) in [6, 6.07) is 0. The molecule has 1 nitrogen and oxygen atoms in total. The Morgan fingerprint density at radius 3 is 0.684 bits per heavy atom. The summed E-state index contributed by atoms with van der Waals surface area (Å²) < 4.78 is 123. The standard InChI is InChI=1S/C2H5O.3BF4.K/c1-3-2;3*2-1(3,4)5;/h1H2,2H3;;;;/q;3*-1;. The molecule has 0 aromatic carbocycles. The van der Waals surface area contributed by atoms with Crippen LogP contribution in [0.3, 0.4) is 0 Å². The molecule has 0 bridgehead atoms. The van der Waals surface area contributed by atoms with Crippen LogP contribution in [-0.4, -0.2) is 78.5 Å². The fraction of sp³-hybridized carbons (Fsp3) is 1.00. The molecule has 0 atom stereocenters. The molecule has 0 amide bonds. The van der Waals surface area contributed by atoms with E-state index in [2.05, 4.69) is 4.74 Å². The van der Waals surface area contributed by atoms with Gasteiger partial charge in [0.15, 0.2) is 0 Å². The maximum atomic E-state index is 9.75. The maximum absolute atomic E-state index is 9.75. The average Bonchev–Trinajstić information content (AvgIpc) is 1.93. The van der Waals surface area contributed by atoms with E-state index in [4.69, 9.17) is 0 Å². The van der Waals surface area contributed by atoms with Crippen molar-refractivity contribution >= 4 is 70.7 Å². The van der Waals surface area contributed by atoms with Gasteiger partial charge in [-0.3, -0.25) is 0 Å². The minimum atomic E-state index is -6.00. The summed E-state index contributed by atoms with van der Waals surface area (Å²) in [5, 5.41) is 0. The second-order valence-corrected chi connectivity index (χ2v) is 2.96. The van der Waals surface area contributed by atoms with Gasteiger partial charge in [-0.25, -0.2) is 0 Å². The average molecular weight is 345 g/mol. The molecule has 17 heteroatoms.